The molecule has 0 amide bonds. The van der Waals surface area contributed by atoms with Gasteiger partial charge in [-0.15, -0.1) is 0 Å². The minimum absolute atomic E-state index is 0.0252. The van der Waals surface area contributed by atoms with Crippen LogP contribution in [-0.4, -0.2) is 28.7 Å². The van der Waals surface area contributed by atoms with E-state index >= 15 is 0 Å². The maximum Gasteiger partial charge on any atom is 0.306 e. The summed E-state index contributed by atoms with van der Waals surface area (Å²) in [6, 6.07) is 6.87. The second-order valence-electron chi connectivity index (χ2n) is 6.03. The van der Waals surface area contributed by atoms with Crippen LogP contribution in [0.25, 0.3) is 5.69 Å². The van der Waals surface area contributed by atoms with Gasteiger partial charge in [0.05, 0.1) is 6.42 Å². The molecule has 26 heavy (non-hydrogen) atoms. The third kappa shape index (κ3) is 4.96. The lowest BCUT2D eigenvalue weighted by molar-refractivity contribution is -0.143. The van der Waals surface area contributed by atoms with Crippen LogP contribution in [0.1, 0.15) is 41.5 Å². The molecule has 0 saturated carbocycles. The molecule has 0 unspecified atom stereocenters. The normalized spacial score (nSPS) is 10.7. The summed E-state index contributed by atoms with van der Waals surface area (Å²) in [5.74, 6) is -0.977. The van der Waals surface area contributed by atoms with Gasteiger partial charge in [0.15, 0.2) is 6.61 Å². The van der Waals surface area contributed by atoms with Crippen LogP contribution in [0.15, 0.2) is 24.3 Å². The van der Waals surface area contributed by atoms with Crippen LogP contribution in [0.4, 0.5) is 0 Å². The zero-order valence-corrected chi connectivity index (χ0v) is 16.3. The average Bonchev–Trinajstić information content (AvgIpc) is 2.84. The van der Waals surface area contributed by atoms with Gasteiger partial charge in [-0.25, -0.2) is 0 Å². The molecular weight excluding hydrogens is 377 g/mol. The van der Waals surface area contributed by atoms with E-state index in [4.69, 9.17) is 27.9 Å². The number of halogens is 2. The lowest BCUT2D eigenvalue weighted by Gasteiger charge is -2.11. The largest absolute Gasteiger partial charge is 0.457 e. The number of aromatic nitrogens is 1. The third-order valence-electron chi connectivity index (χ3n) is 3.88. The van der Waals surface area contributed by atoms with Gasteiger partial charge in [0.1, 0.15) is 5.78 Å². The number of nitrogens with zero attached hydrogens (tertiary/aromatic N) is 1. The second kappa shape index (κ2) is 8.52. The fraction of sp³-hybridized carbons (Fsp3) is 0.316. The average molecular weight is 396 g/mol. The van der Waals surface area contributed by atoms with Crippen molar-refractivity contribution in [2.75, 3.05) is 6.61 Å². The molecule has 138 valence electrons. The highest BCUT2D eigenvalue weighted by atomic mass is 35.5. The van der Waals surface area contributed by atoms with E-state index < -0.39 is 5.97 Å². The van der Waals surface area contributed by atoms with E-state index in [2.05, 4.69) is 0 Å². The third-order valence-corrected chi connectivity index (χ3v) is 4.32. The minimum atomic E-state index is -0.566. The van der Waals surface area contributed by atoms with Gasteiger partial charge >= 0.3 is 5.97 Å². The predicted octanol–water partition coefficient (Wildman–Crippen LogP) is 4.50. The Kier molecular flexibility index (Phi) is 6.62. The molecule has 2 aromatic rings. The summed E-state index contributed by atoms with van der Waals surface area (Å²) in [5.41, 5.74) is 2.73. The molecule has 0 spiro atoms. The molecule has 1 aromatic heterocycles. The number of esters is 1. The Balaban J connectivity index is 2.17. The van der Waals surface area contributed by atoms with Crippen LogP contribution in [0.5, 0.6) is 0 Å². The van der Waals surface area contributed by atoms with Gasteiger partial charge in [-0.2, -0.15) is 0 Å². The van der Waals surface area contributed by atoms with Crippen LogP contribution in [0.2, 0.25) is 10.0 Å². The molecule has 0 bridgehead atoms. The van der Waals surface area contributed by atoms with Gasteiger partial charge in [-0.05, 0) is 45.0 Å². The summed E-state index contributed by atoms with van der Waals surface area (Å²) in [7, 11) is 0. The fourth-order valence-electron chi connectivity index (χ4n) is 2.68. The number of ether oxygens (including phenoxy) is 1. The summed E-state index contributed by atoms with van der Waals surface area (Å²) in [6.45, 7) is 4.69. The zero-order valence-electron chi connectivity index (χ0n) is 14.8. The molecule has 0 atom stereocenters. The summed E-state index contributed by atoms with van der Waals surface area (Å²) < 4.78 is 6.83. The topological polar surface area (TPSA) is 65.4 Å². The summed E-state index contributed by atoms with van der Waals surface area (Å²) in [5, 5.41) is 0.986. The molecule has 0 saturated heterocycles. The monoisotopic (exact) mass is 395 g/mol. The highest BCUT2D eigenvalue weighted by Crippen LogP contribution is 2.26. The molecule has 0 aliphatic carbocycles. The van der Waals surface area contributed by atoms with E-state index in [1.165, 1.54) is 6.92 Å². The van der Waals surface area contributed by atoms with Crippen molar-refractivity contribution in [3.05, 3.63) is 51.3 Å². The lowest BCUT2D eigenvalue weighted by Crippen LogP contribution is -2.15. The molecule has 5 nitrogen and oxygen atoms in total. The predicted molar refractivity (Wildman–Crippen MR) is 100 cm³/mol. The Labute approximate surface area is 161 Å². The van der Waals surface area contributed by atoms with Crippen LogP contribution in [-0.2, 0) is 14.3 Å². The second-order valence-corrected chi connectivity index (χ2v) is 6.91. The van der Waals surface area contributed by atoms with Gasteiger partial charge in [0.2, 0.25) is 5.78 Å². The number of hydrogen-bond donors (Lipinski definition) is 0. The molecular formula is C19H19Cl2NO4. The Hall–Kier alpha value is -2.11. The molecule has 7 heteroatoms. The quantitative estimate of drug-likeness (QED) is 0.511. The molecule has 0 radical (unpaired) electrons. The van der Waals surface area contributed by atoms with Crippen LogP contribution < -0.4 is 0 Å². The van der Waals surface area contributed by atoms with Crippen LogP contribution >= 0.6 is 23.2 Å². The highest BCUT2D eigenvalue weighted by molar-refractivity contribution is 6.34. The Bertz CT molecular complexity index is 850. The molecule has 2 rings (SSSR count). The first-order valence-electron chi connectivity index (χ1n) is 8.02. The number of carbonyl (C=O) groups excluding carboxylic acids is 3. The van der Waals surface area contributed by atoms with Crippen molar-refractivity contribution in [2.24, 2.45) is 0 Å². The van der Waals surface area contributed by atoms with E-state index in [9.17, 15) is 14.4 Å². The Morgan fingerprint density at radius 2 is 1.62 bits per heavy atom. The summed E-state index contributed by atoms with van der Waals surface area (Å²) >= 11 is 12.1. The van der Waals surface area contributed by atoms with Crippen molar-refractivity contribution < 1.29 is 19.1 Å². The maximum absolute atomic E-state index is 12.4. The van der Waals surface area contributed by atoms with Crippen molar-refractivity contribution in [1.29, 1.82) is 0 Å². The minimum Gasteiger partial charge on any atom is -0.457 e. The Morgan fingerprint density at radius 1 is 1.00 bits per heavy atom. The molecule has 0 aliphatic heterocycles. The van der Waals surface area contributed by atoms with Gasteiger partial charge < -0.3 is 14.1 Å². The molecule has 0 N–H and O–H groups in total. The number of Topliss-reactive ketones (excluding diaryl/α,β-unsaturated/α-hetero) is 2. The number of aryl methyl sites for hydroxylation is 1. The van der Waals surface area contributed by atoms with Gasteiger partial charge in [-0.3, -0.25) is 9.59 Å². The van der Waals surface area contributed by atoms with Gasteiger partial charge in [0, 0.05) is 39.1 Å². The number of carbonyl (C=O) groups is 3. The smallest absolute Gasteiger partial charge is 0.306 e. The zero-order chi connectivity index (χ0) is 19.4. The first kappa shape index (κ1) is 20.2. The van der Waals surface area contributed by atoms with Crippen molar-refractivity contribution in [2.45, 2.75) is 33.6 Å². The number of benzene rings is 1. The fourth-order valence-corrected chi connectivity index (χ4v) is 3.20. The standard InChI is InChI=1S/C19H19Cl2NO4/c1-11-6-17(18(24)10-26-19(25)5-4-12(2)23)13(3)22(11)16-8-14(20)7-15(21)9-16/h6-9H,4-5,10H2,1-3H3. The number of ketones is 2. The lowest BCUT2D eigenvalue weighted by atomic mass is 10.1. The van der Waals surface area contributed by atoms with Crippen LogP contribution in [0.3, 0.4) is 0 Å². The van der Waals surface area contributed by atoms with Crippen molar-refractivity contribution in [1.82, 2.24) is 4.57 Å². The van der Waals surface area contributed by atoms with E-state index in [1.807, 2.05) is 11.5 Å². The SMILES string of the molecule is CC(=O)CCC(=O)OCC(=O)c1cc(C)n(-c2cc(Cl)cc(Cl)c2)c1C. The Morgan fingerprint density at radius 3 is 2.19 bits per heavy atom. The molecule has 0 fully saturated rings. The van der Waals surface area contributed by atoms with E-state index in [-0.39, 0.29) is 31.0 Å². The highest BCUT2D eigenvalue weighted by Gasteiger charge is 2.18. The van der Waals surface area contributed by atoms with E-state index in [1.54, 1.807) is 31.2 Å². The van der Waals surface area contributed by atoms with Crippen molar-refractivity contribution >= 4 is 40.7 Å². The summed E-state index contributed by atoms with van der Waals surface area (Å²) in [4.78, 5) is 34.9. The molecule has 1 heterocycles. The van der Waals surface area contributed by atoms with Gasteiger partial charge in [0.25, 0.3) is 0 Å². The van der Waals surface area contributed by atoms with Gasteiger partial charge in [-0.1, -0.05) is 23.2 Å². The van der Waals surface area contributed by atoms with Crippen molar-refractivity contribution in [3.63, 3.8) is 0 Å². The first-order valence-corrected chi connectivity index (χ1v) is 8.78. The van der Waals surface area contributed by atoms with E-state index in [0.717, 1.165) is 11.4 Å². The van der Waals surface area contributed by atoms with Crippen molar-refractivity contribution in [3.8, 4) is 5.69 Å². The number of rotatable bonds is 7. The molecule has 1 aromatic carbocycles. The molecule has 0 aliphatic rings. The first-order chi connectivity index (χ1) is 12.2. The maximum atomic E-state index is 12.4. The van der Waals surface area contributed by atoms with Crippen LogP contribution in [0, 0.1) is 13.8 Å². The number of hydrogen-bond acceptors (Lipinski definition) is 4. The summed E-state index contributed by atoms with van der Waals surface area (Å²) in [6.07, 6.45) is 0.0830. The van der Waals surface area contributed by atoms with E-state index in [0.29, 0.717) is 21.3 Å².